The Hall–Kier alpha value is -1.65. The third kappa shape index (κ3) is 6.08. The molecule has 2 saturated heterocycles. The summed E-state index contributed by atoms with van der Waals surface area (Å²) >= 11 is 0. The zero-order valence-electron chi connectivity index (χ0n) is 18.5. The molecule has 2 aliphatic rings. The number of piperidine rings is 1. The Labute approximate surface area is 207 Å². The number of carbonyl (C=O) groups excluding carboxylic acids is 1. The second-order valence-corrected chi connectivity index (χ2v) is 10.1. The van der Waals surface area contributed by atoms with Gasteiger partial charge in [-0.2, -0.15) is 9.57 Å². The molecule has 2 fully saturated rings. The van der Waals surface area contributed by atoms with Gasteiger partial charge in [-0.25, -0.2) is 13.9 Å². The number of ether oxygens (including phenoxy) is 1. The number of nitrogens with one attached hydrogen (secondary N) is 1. The molecule has 1 aromatic rings. The number of anilines is 1. The minimum absolute atomic E-state index is 0. The predicted molar refractivity (Wildman–Crippen MR) is 129 cm³/mol. The summed E-state index contributed by atoms with van der Waals surface area (Å²) < 4.78 is 31.9. The SMILES string of the molecule is COCCN1CCC(C(=O)NO)(S(=O)(=O)N2CCN(c3ccc(C#N)cc3)CC2)CC1.Cl.Cl. The first kappa shape index (κ1) is 29.4. The van der Waals surface area contributed by atoms with E-state index in [4.69, 9.17) is 10.00 Å². The van der Waals surface area contributed by atoms with Gasteiger partial charge in [-0.15, -0.1) is 24.8 Å². The summed E-state index contributed by atoms with van der Waals surface area (Å²) in [5.74, 6) is -0.867. The highest BCUT2D eigenvalue weighted by Gasteiger charge is 2.55. The number of benzene rings is 1. The summed E-state index contributed by atoms with van der Waals surface area (Å²) in [5, 5.41) is 18.2. The fourth-order valence-corrected chi connectivity index (χ4v) is 6.36. The van der Waals surface area contributed by atoms with Crippen LogP contribution >= 0.6 is 24.8 Å². The van der Waals surface area contributed by atoms with Crippen LogP contribution in [0.1, 0.15) is 18.4 Å². The van der Waals surface area contributed by atoms with E-state index in [1.165, 1.54) is 4.31 Å². The fraction of sp³-hybridized carbons (Fsp3) is 0.600. The summed E-state index contributed by atoms with van der Waals surface area (Å²) in [6.45, 7) is 3.50. The van der Waals surface area contributed by atoms with E-state index in [0.717, 1.165) is 5.69 Å². The smallest absolute Gasteiger partial charge is 0.266 e. The summed E-state index contributed by atoms with van der Waals surface area (Å²) in [6, 6.07) is 9.24. The Morgan fingerprint density at radius 2 is 1.70 bits per heavy atom. The quantitative estimate of drug-likeness (QED) is 0.397. The number of amides is 1. The maximum Gasteiger partial charge on any atom is 0.266 e. The van der Waals surface area contributed by atoms with Gasteiger partial charge >= 0.3 is 0 Å². The van der Waals surface area contributed by atoms with Crippen LogP contribution in [0.3, 0.4) is 0 Å². The zero-order valence-corrected chi connectivity index (χ0v) is 20.9. The van der Waals surface area contributed by atoms with Crippen LogP contribution in [0.2, 0.25) is 0 Å². The Kier molecular flexibility index (Phi) is 11.3. The van der Waals surface area contributed by atoms with E-state index in [0.29, 0.717) is 44.9 Å². The molecule has 2 N–H and O–H groups in total. The van der Waals surface area contributed by atoms with Crippen LogP contribution in [0, 0.1) is 11.3 Å². The normalized spacial score (nSPS) is 19.0. The Morgan fingerprint density at radius 1 is 1.12 bits per heavy atom. The molecule has 0 radical (unpaired) electrons. The maximum absolute atomic E-state index is 13.6. The molecule has 13 heteroatoms. The molecule has 0 bridgehead atoms. The van der Waals surface area contributed by atoms with Crippen molar-refractivity contribution in [3.63, 3.8) is 0 Å². The van der Waals surface area contributed by atoms with Gasteiger partial charge in [0.05, 0.1) is 18.2 Å². The molecule has 0 aliphatic carbocycles. The molecular formula is C20H31Cl2N5O5S. The zero-order chi connectivity index (χ0) is 22.5. The minimum atomic E-state index is -3.98. The molecule has 0 spiro atoms. The van der Waals surface area contributed by atoms with E-state index in [1.54, 1.807) is 24.7 Å². The van der Waals surface area contributed by atoms with Crippen molar-refractivity contribution in [2.24, 2.45) is 0 Å². The van der Waals surface area contributed by atoms with Gasteiger partial charge in [-0.1, -0.05) is 0 Å². The molecule has 0 aromatic heterocycles. The molecule has 0 unspecified atom stereocenters. The number of nitrogens with zero attached hydrogens (tertiary/aromatic N) is 4. The number of halogens is 2. The predicted octanol–water partition coefficient (Wildman–Crippen LogP) is 0.840. The van der Waals surface area contributed by atoms with E-state index in [-0.39, 0.29) is 50.7 Å². The molecular weight excluding hydrogens is 493 g/mol. The number of sulfonamides is 1. The number of nitriles is 1. The molecule has 3 rings (SSSR count). The van der Waals surface area contributed by atoms with Crippen molar-refractivity contribution in [1.82, 2.24) is 14.7 Å². The lowest BCUT2D eigenvalue weighted by Crippen LogP contribution is -2.63. The fourth-order valence-electron chi connectivity index (χ4n) is 4.24. The molecule has 2 aliphatic heterocycles. The summed E-state index contributed by atoms with van der Waals surface area (Å²) in [5.41, 5.74) is 3.09. The van der Waals surface area contributed by atoms with Crippen molar-refractivity contribution in [3.05, 3.63) is 29.8 Å². The topological polar surface area (TPSA) is 126 Å². The van der Waals surface area contributed by atoms with Crippen LogP contribution < -0.4 is 10.4 Å². The van der Waals surface area contributed by atoms with Gasteiger partial charge in [-0.3, -0.25) is 10.0 Å². The summed E-state index contributed by atoms with van der Waals surface area (Å²) in [6.07, 6.45) is 0.225. The van der Waals surface area contributed by atoms with Gasteiger partial charge < -0.3 is 14.5 Å². The van der Waals surface area contributed by atoms with E-state index >= 15 is 0 Å². The highest BCUT2D eigenvalue weighted by Crippen LogP contribution is 2.34. The first-order chi connectivity index (χ1) is 14.9. The van der Waals surface area contributed by atoms with Gasteiger partial charge in [0.2, 0.25) is 10.0 Å². The Balaban J connectivity index is 0.00000272. The second-order valence-electron chi connectivity index (χ2n) is 7.82. The van der Waals surface area contributed by atoms with Crippen LogP contribution in [0.4, 0.5) is 5.69 Å². The van der Waals surface area contributed by atoms with Crippen molar-refractivity contribution in [2.75, 3.05) is 64.4 Å². The number of hydrogen-bond acceptors (Lipinski definition) is 8. The number of hydroxylamine groups is 1. The van der Waals surface area contributed by atoms with Gasteiger partial charge in [0.25, 0.3) is 5.91 Å². The first-order valence-corrected chi connectivity index (χ1v) is 11.7. The Morgan fingerprint density at radius 3 is 2.18 bits per heavy atom. The number of hydrogen-bond donors (Lipinski definition) is 2. The third-order valence-corrected chi connectivity index (χ3v) is 8.85. The number of likely N-dealkylation sites (tertiary alicyclic amines) is 1. The highest BCUT2D eigenvalue weighted by atomic mass is 35.5. The molecule has 1 amide bonds. The standard InChI is InChI=1S/C20H29N5O5S.2ClH/c1-30-15-14-23-8-6-20(7-9-23,19(26)22-27)31(28,29)25-12-10-24(11-13-25)18-4-2-17(16-21)3-5-18;;/h2-5,27H,6-15H2,1H3,(H,22,26);2*1H. The largest absolute Gasteiger partial charge is 0.383 e. The van der Waals surface area contributed by atoms with Gasteiger partial charge in [0, 0.05) is 58.6 Å². The van der Waals surface area contributed by atoms with Gasteiger partial charge in [-0.05, 0) is 37.1 Å². The molecule has 10 nitrogen and oxygen atoms in total. The van der Waals surface area contributed by atoms with E-state index < -0.39 is 20.7 Å². The number of piperazine rings is 1. The summed E-state index contributed by atoms with van der Waals surface area (Å²) in [4.78, 5) is 16.7. The molecule has 0 atom stereocenters. The average molecular weight is 524 g/mol. The molecule has 1 aromatic carbocycles. The lowest BCUT2D eigenvalue weighted by molar-refractivity contribution is -0.133. The van der Waals surface area contributed by atoms with Crippen molar-refractivity contribution >= 4 is 46.4 Å². The molecule has 0 saturated carbocycles. The van der Waals surface area contributed by atoms with E-state index in [2.05, 4.69) is 15.9 Å². The van der Waals surface area contributed by atoms with Crippen LogP contribution in [0.5, 0.6) is 0 Å². The number of carbonyl (C=O) groups is 1. The van der Waals surface area contributed by atoms with Crippen LogP contribution in [0.25, 0.3) is 0 Å². The lowest BCUT2D eigenvalue weighted by Gasteiger charge is -2.44. The van der Waals surface area contributed by atoms with Crippen LogP contribution in [0.15, 0.2) is 24.3 Å². The number of methoxy groups -OCH3 is 1. The monoisotopic (exact) mass is 523 g/mol. The Bertz CT molecular complexity index is 910. The van der Waals surface area contributed by atoms with Crippen molar-refractivity contribution in [1.29, 1.82) is 5.26 Å². The van der Waals surface area contributed by atoms with Crippen LogP contribution in [-0.4, -0.2) is 93.0 Å². The van der Waals surface area contributed by atoms with Crippen LogP contribution in [-0.2, 0) is 19.6 Å². The lowest BCUT2D eigenvalue weighted by atomic mass is 9.95. The first-order valence-electron chi connectivity index (χ1n) is 10.3. The molecule has 33 heavy (non-hydrogen) atoms. The average Bonchev–Trinajstić information content (AvgIpc) is 2.82. The molecule has 186 valence electrons. The van der Waals surface area contributed by atoms with Gasteiger partial charge in [0.1, 0.15) is 0 Å². The molecule has 2 heterocycles. The number of rotatable bonds is 7. The second kappa shape index (κ2) is 12.7. The maximum atomic E-state index is 13.6. The minimum Gasteiger partial charge on any atom is -0.383 e. The van der Waals surface area contributed by atoms with E-state index in [1.807, 2.05) is 12.1 Å². The van der Waals surface area contributed by atoms with Crippen molar-refractivity contribution < 1.29 is 23.2 Å². The van der Waals surface area contributed by atoms with Crippen molar-refractivity contribution in [2.45, 2.75) is 17.6 Å². The highest BCUT2D eigenvalue weighted by molar-refractivity contribution is 7.91. The third-order valence-electron chi connectivity index (χ3n) is 6.22. The van der Waals surface area contributed by atoms with Gasteiger partial charge in [0.15, 0.2) is 4.75 Å². The van der Waals surface area contributed by atoms with Crippen molar-refractivity contribution in [3.8, 4) is 6.07 Å². The summed E-state index contributed by atoms with van der Waals surface area (Å²) in [7, 11) is -2.38. The van der Waals surface area contributed by atoms with E-state index in [9.17, 15) is 18.4 Å².